The van der Waals surface area contributed by atoms with Crippen molar-refractivity contribution in [1.29, 1.82) is 0 Å². The molecule has 0 bridgehead atoms. The molecule has 1 aliphatic heterocycles. The van der Waals surface area contributed by atoms with Crippen LogP contribution in [0.25, 0.3) is 0 Å². The van der Waals surface area contributed by atoms with Gasteiger partial charge in [0.25, 0.3) is 0 Å². The summed E-state index contributed by atoms with van der Waals surface area (Å²) in [6.07, 6.45) is 2.63. The van der Waals surface area contributed by atoms with Crippen LogP contribution in [0.3, 0.4) is 0 Å². The number of ether oxygens (including phenoxy) is 1. The van der Waals surface area contributed by atoms with Crippen LogP contribution < -0.4 is 51.4 Å². The van der Waals surface area contributed by atoms with E-state index in [1.54, 1.807) is 5.92 Å². The summed E-state index contributed by atoms with van der Waals surface area (Å²) in [5.74, 6) is 2.65. The summed E-state index contributed by atoms with van der Waals surface area (Å²) in [6.45, 7) is 2.02. The molecule has 1 atom stereocenters. The van der Waals surface area contributed by atoms with Crippen LogP contribution >= 0.6 is 0 Å². The minimum absolute atomic E-state index is 0. The fourth-order valence-electron chi connectivity index (χ4n) is 1.17. The van der Waals surface area contributed by atoms with Gasteiger partial charge >= 0.3 is 73.1 Å². The average Bonchev–Trinajstić information content (AvgIpc) is 2.86. The van der Waals surface area contributed by atoms with Crippen LogP contribution in [0.1, 0.15) is 12.8 Å². The van der Waals surface area contributed by atoms with Crippen molar-refractivity contribution in [2.75, 3.05) is 13.2 Å². The summed E-state index contributed by atoms with van der Waals surface area (Å²) < 4.78 is 122. The van der Waals surface area contributed by atoms with E-state index >= 15 is 0 Å². The Morgan fingerprint density at radius 3 is 1.17 bits per heavy atom. The van der Waals surface area contributed by atoms with Crippen molar-refractivity contribution in [3.63, 3.8) is 0 Å². The molecule has 0 radical (unpaired) electrons. The van der Waals surface area contributed by atoms with Gasteiger partial charge in [0.2, 0.25) is 0 Å². The van der Waals surface area contributed by atoms with E-state index in [2.05, 4.69) is 0 Å². The molecule has 0 aromatic rings. The second-order valence-corrected chi connectivity index (χ2v) is 3.87. The number of rotatable bonds is 0. The molecule has 1 saturated heterocycles. The van der Waals surface area contributed by atoms with Crippen LogP contribution in [-0.4, -0.2) is 35.0 Å². The number of halogens is 12. The first-order chi connectivity index (χ1) is 9.47. The molecule has 136 valence electrons. The molecule has 1 nitrogen and oxygen atoms in total. The summed E-state index contributed by atoms with van der Waals surface area (Å²) in [5.41, 5.74) is 0. The number of hydrogen-bond donors (Lipinski definition) is 0. The molecule has 0 aromatic heterocycles. The van der Waals surface area contributed by atoms with Crippen molar-refractivity contribution in [3.05, 3.63) is 5.92 Å². The monoisotopic (exact) mass is 397 g/mol. The summed E-state index contributed by atoms with van der Waals surface area (Å²) in [5, 5.41) is 0. The van der Waals surface area contributed by atoms with Gasteiger partial charge in [0.15, 0.2) is 0 Å². The number of fused-ring (bicyclic) bond motifs is 1. The van der Waals surface area contributed by atoms with Gasteiger partial charge in [-0.25, -0.2) is 0 Å². The predicted octanol–water partition coefficient (Wildman–Crippen LogP) is 1.91. The summed E-state index contributed by atoms with van der Waals surface area (Å²) >= 11 is 0. The van der Waals surface area contributed by atoms with Crippen molar-refractivity contribution in [2.45, 2.75) is 12.8 Å². The van der Waals surface area contributed by atoms with Gasteiger partial charge in [-0.1, -0.05) is 0 Å². The molecule has 17 heteroatoms. The van der Waals surface area contributed by atoms with Gasteiger partial charge in [0, 0.05) is 13.2 Å². The van der Waals surface area contributed by atoms with E-state index in [1.165, 1.54) is 12.8 Å². The third-order valence-corrected chi connectivity index (χ3v) is 1.81. The molecule has 0 amide bonds. The standard InChI is InChI=1S/C6H9O.3BF4.K/c1-2-7-4-6-3-5(1)6;3*2-1(3,4)5;/h6H,1-4H2;;;;/q4*-1;+1. The fraction of sp³-hybridized carbons (Fsp3) is 0.833. The Bertz CT molecular complexity index is 237. The molecule has 2 rings (SSSR count). The molecule has 0 N–H and O–H groups in total. The molecule has 1 saturated carbocycles. The first-order valence-corrected chi connectivity index (χ1v) is 5.51. The van der Waals surface area contributed by atoms with Crippen LogP contribution in [0.15, 0.2) is 0 Å². The van der Waals surface area contributed by atoms with E-state index in [0.29, 0.717) is 0 Å². The third kappa shape index (κ3) is 51.8. The zero-order chi connectivity index (χ0) is 18.2. The van der Waals surface area contributed by atoms with E-state index in [-0.39, 0.29) is 51.4 Å². The molecule has 2 fully saturated rings. The summed E-state index contributed by atoms with van der Waals surface area (Å²) in [4.78, 5) is 0. The van der Waals surface area contributed by atoms with Gasteiger partial charge in [-0.3, -0.25) is 0 Å². The van der Waals surface area contributed by atoms with Crippen molar-refractivity contribution in [2.24, 2.45) is 5.92 Å². The van der Waals surface area contributed by atoms with Gasteiger partial charge in [0.05, 0.1) is 0 Å². The largest absolute Gasteiger partial charge is 1.00 e. The zero-order valence-corrected chi connectivity index (χ0v) is 14.7. The fourth-order valence-corrected chi connectivity index (χ4v) is 1.17. The smallest absolute Gasteiger partial charge is 0.418 e. The Balaban J connectivity index is -0.000000233. The SMILES string of the molecule is C1C[C-]2CC2CO1.F[B-](F)(F)F.F[B-](F)(F)F.F[B-](F)(F)F.[K+]. The predicted molar refractivity (Wildman–Crippen MR) is 57.3 cm³/mol. The van der Waals surface area contributed by atoms with Gasteiger partial charge in [-0.2, -0.15) is 18.8 Å². The topological polar surface area (TPSA) is 9.23 Å². The second-order valence-electron chi connectivity index (χ2n) is 3.87. The third-order valence-electron chi connectivity index (χ3n) is 1.81. The first kappa shape index (κ1) is 28.7. The van der Waals surface area contributed by atoms with Crippen molar-refractivity contribution in [3.8, 4) is 0 Å². The van der Waals surface area contributed by atoms with E-state index < -0.39 is 21.8 Å². The quantitative estimate of drug-likeness (QED) is 0.345. The van der Waals surface area contributed by atoms with Gasteiger partial charge in [0.1, 0.15) is 0 Å². The Morgan fingerprint density at radius 2 is 1.00 bits per heavy atom. The van der Waals surface area contributed by atoms with Crippen molar-refractivity contribution < 1.29 is 108 Å². The average molecular weight is 397 g/mol. The maximum atomic E-state index is 9.75. The molecule has 0 aromatic carbocycles. The Morgan fingerprint density at radius 1 is 0.696 bits per heavy atom. The van der Waals surface area contributed by atoms with Crippen molar-refractivity contribution >= 4 is 21.8 Å². The molecular formula is C6H9B3F12KO-3. The van der Waals surface area contributed by atoms with Crippen LogP contribution in [-0.2, 0) is 4.74 Å². The summed E-state index contributed by atoms with van der Waals surface area (Å²) in [7, 11) is -18.0. The van der Waals surface area contributed by atoms with E-state index in [0.717, 1.165) is 19.1 Å². The molecule has 2 aliphatic rings. The van der Waals surface area contributed by atoms with Crippen LogP contribution in [0.2, 0.25) is 0 Å². The maximum Gasteiger partial charge on any atom is 1.00 e. The van der Waals surface area contributed by atoms with Crippen LogP contribution in [0.4, 0.5) is 51.8 Å². The van der Waals surface area contributed by atoms with Gasteiger partial charge in [-0.15, -0.1) is 0 Å². The Hall–Kier alpha value is 0.951. The minimum Gasteiger partial charge on any atom is -0.418 e. The van der Waals surface area contributed by atoms with Crippen LogP contribution in [0.5, 0.6) is 0 Å². The summed E-state index contributed by atoms with van der Waals surface area (Å²) in [6, 6.07) is 0. The zero-order valence-electron chi connectivity index (χ0n) is 11.6. The van der Waals surface area contributed by atoms with Crippen LogP contribution in [0, 0.1) is 11.8 Å². The van der Waals surface area contributed by atoms with Gasteiger partial charge < -0.3 is 62.4 Å². The second kappa shape index (κ2) is 12.3. The normalized spacial score (nSPS) is 20.1. The van der Waals surface area contributed by atoms with Crippen molar-refractivity contribution in [1.82, 2.24) is 0 Å². The van der Waals surface area contributed by atoms with Gasteiger partial charge in [-0.05, 0) is 0 Å². The molecule has 1 unspecified atom stereocenters. The Kier molecular flexibility index (Phi) is 15.4. The molecular weight excluding hydrogens is 388 g/mol. The minimum atomic E-state index is -6.00. The molecule has 1 aliphatic carbocycles. The van der Waals surface area contributed by atoms with E-state index in [1.807, 2.05) is 0 Å². The molecule has 1 heterocycles. The molecule has 0 spiro atoms. The maximum absolute atomic E-state index is 9.75. The van der Waals surface area contributed by atoms with E-state index in [4.69, 9.17) is 4.74 Å². The molecule has 23 heavy (non-hydrogen) atoms. The Labute approximate surface area is 166 Å². The number of hydrogen-bond acceptors (Lipinski definition) is 1. The van der Waals surface area contributed by atoms with E-state index in [9.17, 15) is 51.8 Å². The first-order valence-electron chi connectivity index (χ1n) is 5.51.